The highest BCUT2D eigenvalue weighted by Crippen LogP contribution is 2.38. The van der Waals surface area contributed by atoms with Crippen molar-refractivity contribution in [3.63, 3.8) is 0 Å². The van der Waals surface area contributed by atoms with Crippen LogP contribution in [0.1, 0.15) is 11.1 Å². The number of ether oxygens (including phenoxy) is 3. The van der Waals surface area contributed by atoms with Gasteiger partial charge in [0.2, 0.25) is 11.6 Å². The molecule has 0 saturated heterocycles. The van der Waals surface area contributed by atoms with Crippen molar-refractivity contribution in [1.82, 2.24) is 0 Å². The number of hydrogen-bond acceptors (Lipinski definition) is 5. The second kappa shape index (κ2) is 7.45. The van der Waals surface area contributed by atoms with E-state index in [1.54, 1.807) is 24.3 Å². The first-order chi connectivity index (χ1) is 11.5. The molecule has 0 aromatic heterocycles. The van der Waals surface area contributed by atoms with Crippen LogP contribution in [0.5, 0.6) is 17.2 Å². The first-order valence-corrected chi connectivity index (χ1v) is 6.92. The van der Waals surface area contributed by atoms with Crippen LogP contribution in [-0.4, -0.2) is 26.3 Å². The standard InChI is InChI=1S/C17H16FNO5/c1-22-15-9-12(10-16(23-2)17(15)24-3)5-4-11-6-7-13(18)14(8-11)19(20)21/h4-10H,1-3H3/b5-4+. The van der Waals surface area contributed by atoms with Gasteiger partial charge in [0.05, 0.1) is 26.3 Å². The van der Waals surface area contributed by atoms with E-state index in [1.165, 1.54) is 33.5 Å². The lowest BCUT2D eigenvalue weighted by atomic mass is 10.1. The molecule has 0 aliphatic rings. The molecule has 0 atom stereocenters. The van der Waals surface area contributed by atoms with Crippen molar-refractivity contribution in [3.05, 3.63) is 57.4 Å². The number of halogens is 1. The van der Waals surface area contributed by atoms with E-state index >= 15 is 0 Å². The van der Waals surface area contributed by atoms with E-state index in [9.17, 15) is 14.5 Å². The second-order valence-corrected chi connectivity index (χ2v) is 4.76. The molecule has 24 heavy (non-hydrogen) atoms. The fourth-order valence-electron chi connectivity index (χ4n) is 2.16. The van der Waals surface area contributed by atoms with E-state index in [-0.39, 0.29) is 0 Å². The van der Waals surface area contributed by atoms with Gasteiger partial charge in [0.15, 0.2) is 11.5 Å². The summed E-state index contributed by atoms with van der Waals surface area (Å²) >= 11 is 0. The van der Waals surface area contributed by atoms with Crippen LogP contribution in [0.3, 0.4) is 0 Å². The Bertz CT molecular complexity index is 764. The van der Waals surface area contributed by atoms with E-state index in [4.69, 9.17) is 14.2 Å². The number of nitro benzene ring substituents is 1. The quantitative estimate of drug-likeness (QED) is 0.455. The molecule has 2 aromatic carbocycles. The molecule has 126 valence electrons. The smallest absolute Gasteiger partial charge is 0.305 e. The van der Waals surface area contributed by atoms with Crippen molar-refractivity contribution in [1.29, 1.82) is 0 Å². The Morgan fingerprint density at radius 2 is 1.54 bits per heavy atom. The molecule has 0 bridgehead atoms. The van der Waals surface area contributed by atoms with Crippen molar-refractivity contribution in [2.75, 3.05) is 21.3 Å². The molecule has 7 heteroatoms. The minimum absolute atomic E-state index is 0.467. The first-order valence-electron chi connectivity index (χ1n) is 6.92. The zero-order chi connectivity index (χ0) is 17.7. The number of rotatable bonds is 6. The summed E-state index contributed by atoms with van der Waals surface area (Å²) < 4.78 is 29.1. The maximum atomic E-state index is 13.4. The van der Waals surface area contributed by atoms with Crippen LogP contribution < -0.4 is 14.2 Å². The normalized spacial score (nSPS) is 10.7. The van der Waals surface area contributed by atoms with Gasteiger partial charge in [0, 0.05) is 6.07 Å². The van der Waals surface area contributed by atoms with Gasteiger partial charge in [0.1, 0.15) is 0 Å². The minimum atomic E-state index is -0.870. The van der Waals surface area contributed by atoms with Gasteiger partial charge in [-0.3, -0.25) is 10.1 Å². The van der Waals surface area contributed by atoms with E-state index in [2.05, 4.69) is 0 Å². The molecule has 0 fully saturated rings. The highest BCUT2D eigenvalue weighted by atomic mass is 19.1. The molecular weight excluding hydrogens is 317 g/mol. The zero-order valence-electron chi connectivity index (χ0n) is 13.4. The third kappa shape index (κ3) is 3.62. The number of hydrogen-bond donors (Lipinski definition) is 0. The predicted molar refractivity (Wildman–Crippen MR) is 88.1 cm³/mol. The molecule has 2 rings (SSSR count). The Hall–Kier alpha value is -3.09. The molecule has 0 unspecified atom stereocenters. The lowest BCUT2D eigenvalue weighted by Crippen LogP contribution is -1.95. The summed E-state index contributed by atoms with van der Waals surface area (Å²) in [5.41, 5.74) is 0.662. The monoisotopic (exact) mass is 333 g/mol. The van der Waals surface area contributed by atoms with Gasteiger partial charge in [0.25, 0.3) is 0 Å². The number of nitrogens with zero attached hydrogens (tertiary/aromatic N) is 1. The van der Waals surface area contributed by atoms with E-state index in [0.29, 0.717) is 22.8 Å². The van der Waals surface area contributed by atoms with Crippen molar-refractivity contribution in [2.45, 2.75) is 0 Å². The molecule has 0 heterocycles. The molecule has 0 amide bonds. The molecule has 0 N–H and O–H groups in total. The predicted octanol–water partition coefficient (Wildman–Crippen LogP) is 3.93. The van der Waals surface area contributed by atoms with Crippen LogP contribution in [0.15, 0.2) is 30.3 Å². The summed E-state index contributed by atoms with van der Waals surface area (Å²) in [6, 6.07) is 7.15. The fraction of sp³-hybridized carbons (Fsp3) is 0.176. The van der Waals surface area contributed by atoms with Crippen LogP contribution in [-0.2, 0) is 0 Å². The Morgan fingerprint density at radius 1 is 0.958 bits per heavy atom. The lowest BCUT2D eigenvalue weighted by Gasteiger charge is -2.12. The minimum Gasteiger partial charge on any atom is -0.493 e. The third-order valence-electron chi connectivity index (χ3n) is 3.32. The second-order valence-electron chi connectivity index (χ2n) is 4.76. The van der Waals surface area contributed by atoms with Gasteiger partial charge in [-0.1, -0.05) is 18.2 Å². The Morgan fingerprint density at radius 3 is 2.04 bits per heavy atom. The lowest BCUT2D eigenvalue weighted by molar-refractivity contribution is -0.387. The fourth-order valence-corrected chi connectivity index (χ4v) is 2.16. The van der Waals surface area contributed by atoms with Crippen LogP contribution in [0, 0.1) is 15.9 Å². The SMILES string of the molecule is COc1cc(/C=C/c2ccc(F)c([N+](=O)[O-])c2)cc(OC)c1OC. The van der Waals surface area contributed by atoms with Crippen LogP contribution >= 0.6 is 0 Å². The molecule has 6 nitrogen and oxygen atoms in total. The van der Waals surface area contributed by atoms with E-state index < -0.39 is 16.4 Å². The van der Waals surface area contributed by atoms with Gasteiger partial charge in [-0.15, -0.1) is 0 Å². The van der Waals surface area contributed by atoms with Crippen LogP contribution in [0.2, 0.25) is 0 Å². The summed E-state index contributed by atoms with van der Waals surface area (Å²) in [7, 11) is 4.52. The van der Waals surface area contributed by atoms with Crippen LogP contribution in [0.25, 0.3) is 12.2 Å². The van der Waals surface area contributed by atoms with Gasteiger partial charge in [-0.25, -0.2) is 0 Å². The highest BCUT2D eigenvalue weighted by Gasteiger charge is 2.14. The zero-order valence-corrected chi connectivity index (χ0v) is 13.4. The molecule has 2 aromatic rings. The maximum absolute atomic E-state index is 13.4. The Balaban J connectivity index is 2.39. The third-order valence-corrected chi connectivity index (χ3v) is 3.32. The average molecular weight is 333 g/mol. The molecule has 0 aliphatic carbocycles. The van der Waals surface area contributed by atoms with Gasteiger partial charge >= 0.3 is 5.69 Å². The molecule has 0 radical (unpaired) electrons. The number of benzene rings is 2. The summed E-state index contributed by atoms with van der Waals surface area (Å²) in [5.74, 6) is 0.572. The maximum Gasteiger partial charge on any atom is 0.305 e. The average Bonchev–Trinajstić information content (AvgIpc) is 2.59. The summed E-state index contributed by atoms with van der Waals surface area (Å²) in [6.07, 6.45) is 3.34. The number of nitro groups is 1. The molecule has 0 saturated carbocycles. The van der Waals surface area contributed by atoms with E-state index in [0.717, 1.165) is 11.6 Å². The van der Waals surface area contributed by atoms with E-state index in [1.807, 2.05) is 0 Å². The molecular formula is C17H16FNO5. The summed E-state index contributed by atoms with van der Waals surface area (Å²) in [4.78, 5) is 10.0. The van der Waals surface area contributed by atoms with Crippen molar-refractivity contribution in [3.8, 4) is 17.2 Å². The Kier molecular flexibility index (Phi) is 5.36. The highest BCUT2D eigenvalue weighted by molar-refractivity contribution is 5.73. The largest absolute Gasteiger partial charge is 0.493 e. The van der Waals surface area contributed by atoms with Crippen molar-refractivity contribution < 1.29 is 23.5 Å². The number of methoxy groups -OCH3 is 3. The van der Waals surface area contributed by atoms with Gasteiger partial charge < -0.3 is 14.2 Å². The Labute approximate surface area is 138 Å². The van der Waals surface area contributed by atoms with Crippen LogP contribution in [0.4, 0.5) is 10.1 Å². The summed E-state index contributed by atoms with van der Waals surface area (Å²) in [5, 5.41) is 10.8. The molecule has 0 aliphatic heterocycles. The molecule has 0 spiro atoms. The van der Waals surface area contributed by atoms with Crippen molar-refractivity contribution in [2.24, 2.45) is 0 Å². The first kappa shape index (κ1) is 17.3. The van der Waals surface area contributed by atoms with Crippen molar-refractivity contribution >= 4 is 17.8 Å². The van der Waals surface area contributed by atoms with Gasteiger partial charge in [-0.2, -0.15) is 4.39 Å². The topological polar surface area (TPSA) is 70.8 Å². The summed E-state index contributed by atoms with van der Waals surface area (Å²) in [6.45, 7) is 0. The van der Waals surface area contributed by atoms with Gasteiger partial charge in [-0.05, 0) is 29.3 Å².